The first-order chi connectivity index (χ1) is 11.8. The molecule has 2 aromatic heterocycles. The lowest BCUT2D eigenvalue weighted by Gasteiger charge is -2.09. The number of para-hydroxylation sites is 2. The quantitative estimate of drug-likeness (QED) is 0.570. The van der Waals surface area contributed by atoms with Gasteiger partial charge in [0.1, 0.15) is 16.9 Å². The monoisotopic (exact) mass is 334 g/mol. The molecule has 2 heterocycles. The molecular formula is C19H18N4S. The van der Waals surface area contributed by atoms with Gasteiger partial charge in [-0.05, 0) is 49.4 Å². The molecule has 0 saturated heterocycles. The molecule has 0 aliphatic heterocycles. The van der Waals surface area contributed by atoms with Gasteiger partial charge in [0.05, 0.1) is 22.3 Å². The summed E-state index contributed by atoms with van der Waals surface area (Å²) in [5.41, 5.74) is 5.15. The third kappa shape index (κ3) is 3.02. The van der Waals surface area contributed by atoms with Gasteiger partial charge in [-0.2, -0.15) is 5.26 Å². The van der Waals surface area contributed by atoms with Crippen LogP contribution >= 0.6 is 11.8 Å². The molecule has 5 heteroatoms. The second-order valence-corrected chi connectivity index (χ2v) is 7.07. The van der Waals surface area contributed by atoms with Gasteiger partial charge in [0, 0.05) is 5.69 Å². The smallest absolute Gasteiger partial charge is 0.117 e. The highest BCUT2D eigenvalue weighted by molar-refractivity contribution is 7.98. The lowest BCUT2D eigenvalue weighted by Crippen LogP contribution is -2.00. The van der Waals surface area contributed by atoms with Crippen molar-refractivity contribution in [3.8, 4) is 6.07 Å². The maximum absolute atomic E-state index is 9.48. The molecule has 0 radical (unpaired) electrons. The average molecular weight is 334 g/mol. The van der Waals surface area contributed by atoms with Crippen molar-refractivity contribution in [3.05, 3.63) is 53.0 Å². The Morgan fingerprint density at radius 2 is 2.00 bits per heavy atom. The molecule has 0 saturated carbocycles. The van der Waals surface area contributed by atoms with E-state index in [1.54, 1.807) is 11.8 Å². The van der Waals surface area contributed by atoms with Gasteiger partial charge < -0.3 is 4.98 Å². The fourth-order valence-electron chi connectivity index (χ4n) is 3.19. The van der Waals surface area contributed by atoms with Crippen LogP contribution in [-0.2, 0) is 18.6 Å². The van der Waals surface area contributed by atoms with Crippen LogP contribution < -0.4 is 0 Å². The molecule has 0 amide bonds. The van der Waals surface area contributed by atoms with Gasteiger partial charge in [0.25, 0.3) is 0 Å². The number of rotatable bonds is 3. The minimum atomic E-state index is 0.690. The van der Waals surface area contributed by atoms with E-state index in [4.69, 9.17) is 4.98 Å². The molecule has 4 nitrogen and oxygen atoms in total. The molecule has 24 heavy (non-hydrogen) atoms. The minimum Gasteiger partial charge on any atom is -0.341 e. The maximum atomic E-state index is 9.48. The van der Waals surface area contributed by atoms with E-state index in [1.807, 2.05) is 24.3 Å². The van der Waals surface area contributed by atoms with Crippen LogP contribution in [0.4, 0.5) is 0 Å². The average Bonchev–Trinajstić information content (AvgIpc) is 2.89. The van der Waals surface area contributed by atoms with Crippen LogP contribution in [0, 0.1) is 11.3 Å². The Hall–Kier alpha value is -2.32. The van der Waals surface area contributed by atoms with Crippen molar-refractivity contribution in [2.24, 2.45) is 0 Å². The van der Waals surface area contributed by atoms with Crippen molar-refractivity contribution in [1.82, 2.24) is 15.0 Å². The predicted octanol–water partition coefficient (Wildman–Crippen LogP) is 4.39. The molecule has 1 aliphatic rings. The van der Waals surface area contributed by atoms with Gasteiger partial charge >= 0.3 is 0 Å². The summed E-state index contributed by atoms with van der Waals surface area (Å²) in [4.78, 5) is 12.7. The lowest BCUT2D eigenvalue weighted by atomic mass is 10.1. The van der Waals surface area contributed by atoms with E-state index in [2.05, 4.69) is 22.1 Å². The fourth-order valence-corrected chi connectivity index (χ4v) is 4.04. The molecule has 0 unspecified atom stereocenters. The van der Waals surface area contributed by atoms with E-state index in [0.29, 0.717) is 11.3 Å². The number of nitrogens with zero attached hydrogens (tertiary/aromatic N) is 3. The molecule has 1 aliphatic carbocycles. The summed E-state index contributed by atoms with van der Waals surface area (Å²) in [6.07, 6.45) is 5.72. The number of aryl methyl sites for hydroxylation is 2. The number of hydrogen-bond acceptors (Lipinski definition) is 4. The third-order valence-electron chi connectivity index (χ3n) is 4.42. The Labute approximate surface area is 145 Å². The van der Waals surface area contributed by atoms with E-state index >= 15 is 0 Å². The Bertz CT molecular complexity index is 890. The van der Waals surface area contributed by atoms with Crippen LogP contribution in [0.1, 0.15) is 41.9 Å². The van der Waals surface area contributed by atoms with E-state index in [9.17, 15) is 5.26 Å². The second kappa shape index (κ2) is 6.66. The molecule has 3 aromatic rings. The van der Waals surface area contributed by atoms with Crippen LogP contribution in [0.3, 0.4) is 0 Å². The van der Waals surface area contributed by atoms with Crippen LogP contribution in [0.5, 0.6) is 0 Å². The zero-order chi connectivity index (χ0) is 16.4. The van der Waals surface area contributed by atoms with Gasteiger partial charge in [-0.25, -0.2) is 9.97 Å². The zero-order valence-corrected chi connectivity index (χ0v) is 14.2. The SMILES string of the molecule is N#Cc1cc2c(nc1SCc1nc3ccccc3[nH]1)CCCCC2. The van der Waals surface area contributed by atoms with Crippen LogP contribution in [0.2, 0.25) is 0 Å². The van der Waals surface area contributed by atoms with E-state index in [1.165, 1.54) is 30.5 Å². The molecule has 1 aromatic carbocycles. The number of hydrogen-bond donors (Lipinski definition) is 1. The molecule has 0 fully saturated rings. The molecule has 0 spiro atoms. The summed E-state index contributed by atoms with van der Waals surface area (Å²) in [6, 6.07) is 12.4. The number of pyridine rings is 1. The van der Waals surface area contributed by atoms with Gasteiger partial charge in [0.15, 0.2) is 0 Å². The number of aromatic nitrogens is 3. The normalized spacial score (nSPS) is 14.1. The van der Waals surface area contributed by atoms with Crippen molar-refractivity contribution in [2.45, 2.75) is 42.9 Å². The summed E-state index contributed by atoms with van der Waals surface area (Å²) in [5.74, 6) is 1.61. The van der Waals surface area contributed by atoms with Crippen molar-refractivity contribution in [1.29, 1.82) is 5.26 Å². The molecule has 0 atom stereocenters. The maximum Gasteiger partial charge on any atom is 0.117 e. The van der Waals surface area contributed by atoms with E-state index in [-0.39, 0.29) is 0 Å². The molecular weight excluding hydrogens is 316 g/mol. The Morgan fingerprint density at radius 3 is 2.88 bits per heavy atom. The Kier molecular flexibility index (Phi) is 4.22. The summed E-state index contributed by atoms with van der Waals surface area (Å²) >= 11 is 1.59. The van der Waals surface area contributed by atoms with Gasteiger partial charge in [-0.3, -0.25) is 0 Å². The Balaban J connectivity index is 1.59. The first-order valence-electron chi connectivity index (χ1n) is 8.33. The summed E-state index contributed by atoms with van der Waals surface area (Å²) in [6.45, 7) is 0. The largest absolute Gasteiger partial charge is 0.341 e. The van der Waals surface area contributed by atoms with E-state index < -0.39 is 0 Å². The molecule has 1 N–H and O–H groups in total. The summed E-state index contributed by atoms with van der Waals surface area (Å²) in [7, 11) is 0. The highest BCUT2D eigenvalue weighted by Crippen LogP contribution is 2.28. The highest BCUT2D eigenvalue weighted by Gasteiger charge is 2.15. The van der Waals surface area contributed by atoms with Crippen molar-refractivity contribution in [2.75, 3.05) is 0 Å². The van der Waals surface area contributed by atoms with Crippen molar-refractivity contribution < 1.29 is 0 Å². The first kappa shape index (κ1) is 15.2. The number of H-pyrrole nitrogens is 1. The van der Waals surface area contributed by atoms with E-state index in [0.717, 1.165) is 34.7 Å². The number of nitrogens with one attached hydrogen (secondary N) is 1. The van der Waals surface area contributed by atoms with Crippen molar-refractivity contribution in [3.63, 3.8) is 0 Å². The molecule has 120 valence electrons. The van der Waals surface area contributed by atoms with Crippen LogP contribution in [0.25, 0.3) is 11.0 Å². The van der Waals surface area contributed by atoms with Crippen LogP contribution in [0.15, 0.2) is 35.4 Å². The fraction of sp³-hybridized carbons (Fsp3) is 0.316. The number of nitriles is 1. The molecule has 0 bridgehead atoms. The third-order valence-corrected chi connectivity index (χ3v) is 5.42. The molecule has 4 rings (SSSR count). The Morgan fingerprint density at radius 1 is 1.12 bits per heavy atom. The highest BCUT2D eigenvalue weighted by atomic mass is 32.2. The zero-order valence-electron chi connectivity index (χ0n) is 13.4. The van der Waals surface area contributed by atoms with Gasteiger partial charge in [-0.15, -0.1) is 0 Å². The minimum absolute atomic E-state index is 0.690. The van der Waals surface area contributed by atoms with Gasteiger partial charge in [-0.1, -0.05) is 30.3 Å². The predicted molar refractivity (Wildman–Crippen MR) is 95.9 cm³/mol. The van der Waals surface area contributed by atoms with Crippen LogP contribution in [-0.4, -0.2) is 15.0 Å². The summed E-state index contributed by atoms with van der Waals surface area (Å²) < 4.78 is 0. The van der Waals surface area contributed by atoms with Crippen molar-refractivity contribution >= 4 is 22.8 Å². The number of thioether (sulfide) groups is 1. The standard InChI is InChI=1S/C19H18N4S/c20-11-14-10-13-6-2-1-3-7-15(13)23-19(14)24-12-18-21-16-8-4-5-9-17(16)22-18/h4-5,8-10H,1-3,6-7,12H2,(H,21,22). The number of aromatic amines is 1. The summed E-state index contributed by atoms with van der Waals surface area (Å²) in [5, 5.41) is 10.3. The lowest BCUT2D eigenvalue weighted by molar-refractivity contribution is 0.707. The second-order valence-electron chi connectivity index (χ2n) is 6.11. The number of fused-ring (bicyclic) bond motifs is 2. The number of benzene rings is 1. The number of imidazole rings is 1. The first-order valence-corrected chi connectivity index (χ1v) is 9.31. The topological polar surface area (TPSA) is 65.4 Å². The van der Waals surface area contributed by atoms with Gasteiger partial charge in [0.2, 0.25) is 0 Å².